The van der Waals surface area contributed by atoms with Crippen molar-refractivity contribution in [2.24, 2.45) is 33.7 Å². The summed E-state index contributed by atoms with van der Waals surface area (Å²) >= 11 is 0. The van der Waals surface area contributed by atoms with Crippen LogP contribution in [0.3, 0.4) is 0 Å². The van der Waals surface area contributed by atoms with Gasteiger partial charge in [0.2, 0.25) is 0 Å². The predicted octanol–water partition coefficient (Wildman–Crippen LogP) is 4.41. The highest BCUT2D eigenvalue weighted by Crippen LogP contribution is 2.70. The first-order valence-electron chi connectivity index (χ1n) is 15.7. The minimum absolute atomic E-state index is 0.0153. The lowest BCUT2D eigenvalue weighted by Gasteiger charge is -2.65. The van der Waals surface area contributed by atoms with E-state index in [0.717, 1.165) is 30.4 Å². The molecule has 4 aliphatic carbocycles. The van der Waals surface area contributed by atoms with Gasteiger partial charge in [-0.3, -0.25) is 4.79 Å². The van der Waals surface area contributed by atoms with Crippen LogP contribution in [0.15, 0.2) is 41.0 Å². The zero-order valence-electron chi connectivity index (χ0n) is 25.4. The molecule has 0 spiro atoms. The number of nitrogens with one attached hydrogen (secondary N) is 1. The summed E-state index contributed by atoms with van der Waals surface area (Å²) < 4.78 is 5.25. The summed E-state index contributed by atoms with van der Waals surface area (Å²) in [6.07, 6.45) is 8.18. The van der Waals surface area contributed by atoms with Crippen LogP contribution < -0.4 is 5.43 Å². The fraction of sp³-hybridized carbons (Fsp3) is 0.676. The second-order valence-electron chi connectivity index (χ2n) is 15.0. The summed E-state index contributed by atoms with van der Waals surface area (Å²) in [5, 5.41) is 39.8. The molecule has 1 aromatic rings. The Labute approximate surface area is 248 Å². The van der Waals surface area contributed by atoms with Crippen molar-refractivity contribution < 1.29 is 29.6 Å². The molecule has 4 saturated carbocycles. The van der Waals surface area contributed by atoms with Gasteiger partial charge in [-0.05, 0) is 97.8 Å². The molecule has 0 aromatic heterocycles. The Hall–Kier alpha value is -2.55. The minimum Gasteiger partial charge on any atom is -0.458 e. The van der Waals surface area contributed by atoms with Crippen LogP contribution in [-0.2, 0) is 14.9 Å². The van der Waals surface area contributed by atoms with E-state index in [2.05, 4.69) is 38.2 Å². The molecule has 8 atom stereocenters. The topological polar surface area (TPSA) is 128 Å². The van der Waals surface area contributed by atoms with Crippen LogP contribution in [0.1, 0.15) is 101 Å². The maximum Gasteiger partial charge on any atom is 0.331 e. The number of amides is 1. The van der Waals surface area contributed by atoms with Gasteiger partial charge < -0.3 is 20.1 Å². The predicted molar refractivity (Wildman–Crippen MR) is 159 cm³/mol. The molecule has 6 rings (SSSR count). The number of hydrogen-bond donors (Lipinski definition) is 4. The molecule has 8 heteroatoms. The van der Waals surface area contributed by atoms with Gasteiger partial charge in [-0.1, -0.05) is 39.8 Å². The van der Waals surface area contributed by atoms with Gasteiger partial charge in [0, 0.05) is 35.1 Å². The monoisotopic (exact) mass is 578 g/mol. The number of aliphatic hydroxyl groups is 3. The fourth-order valence-electron chi connectivity index (χ4n) is 9.75. The van der Waals surface area contributed by atoms with Crippen molar-refractivity contribution in [2.45, 2.75) is 108 Å². The standard InChI is InChI=1S/C34H46N2O6/c1-30(2,3)23-7-5-21(6-8-23)29(39)36-35-20-32-14-9-24(37)18-33(32,40)15-11-27-26(32)10-13-31(4)25(12-16-34(27,31)41)22-17-28(38)42-19-22/h5-8,17,20,24-27,37,40-41H,9-16,18-19H2,1-4H3,(H,36,39)/b35-20-/t24-,25-,26+,27-,31-,32+,33-,34+/m1/s1. The summed E-state index contributed by atoms with van der Waals surface area (Å²) in [4.78, 5) is 24.9. The maximum atomic E-state index is 13.0. The Morgan fingerprint density at radius 3 is 2.40 bits per heavy atom. The number of rotatable bonds is 4. The SMILES string of the molecule is CC(C)(C)c1ccc(C(=O)N/N=C\[C@]23CC[C@@H](O)C[C@]2(O)CC[C@@H]2[C@@H]3CC[C@]3(C)[C@@H](C4=CC(=O)OC4)CC[C@]23O)cc1. The molecule has 4 fully saturated rings. The van der Waals surface area contributed by atoms with E-state index >= 15 is 0 Å². The third-order valence-corrected chi connectivity index (χ3v) is 12.1. The van der Waals surface area contributed by atoms with Gasteiger partial charge in [0.25, 0.3) is 5.91 Å². The average Bonchev–Trinajstić information content (AvgIpc) is 3.48. The largest absolute Gasteiger partial charge is 0.458 e. The van der Waals surface area contributed by atoms with E-state index in [4.69, 9.17) is 4.74 Å². The van der Waals surface area contributed by atoms with E-state index in [0.29, 0.717) is 44.3 Å². The van der Waals surface area contributed by atoms with E-state index in [1.807, 2.05) is 12.1 Å². The third-order valence-electron chi connectivity index (χ3n) is 12.1. The number of hydrazone groups is 1. The van der Waals surface area contributed by atoms with Crippen molar-refractivity contribution in [3.8, 4) is 0 Å². The Bertz CT molecular complexity index is 1320. The average molecular weight is 579 g/mol. The van der Waals surface area contributed by atoms with E-state index in [1.54, 1.807) is 24.4 Å². The first-order valence-corrected chi connectivity index (χ1v) is 15.7. The number of carbonyl (C=O) groups excluding carboxylic acids is 2. The summed E-state index contributed by atoms with van der Waals surface area (Å²) in [7, 11) is 0. The zero-order valence-corrected chi connectivity index (χ0v) is 25.4. The van der Waals surface area contributed by atoms with Crippen molar-refractivity contribution >= 4 is 18.1 Å². The maximum absolute atomic E-state index is 13.0. The van der Waals surface area contributed by atoms with Gasteiger partial charge in [-0.25, -0.2) is 10.2 Å². The van der Waals surface area contributed by atoms with Gasteiger partial charge in [0.15, 0.2) is 0 Å². The van der Waals surface area contributed by atoms with Gasteiger partial charge in [-0.2, -0.15) is 5.10 Å². The number of nitrogens with zero attached hydrogens (tertiary/aromatic N) is 1. The summed E-state index contributed by atoms with van der Waals surface area (Å²) in [6.45, 7) is 8.85. The fourth-order valence-corrected chi connectivity index (χ4v) is 9.75. The molecule has 0 bridgehead atoms. The highest BCUT2D eigenvalue weighted by atomic mass is 16.5. The molecule has 228 valence electrons. The van der Waals surface area contributed by atoms with E-state index in [1.165, 1.54) is 0 Å². The molecule has 1 aliphatic heterocycles. The van der Waals surface area contributed by atoms with Crippen molar-refractivity contribution in [3.63, 3.8) is 0 Å². The highest BCUT2D eigenvalue weighted by Gasteiger charge is 2.71. The zero-order chi connectivity index (χ0) is 30.1. The van der Waals surface area contributed by atoms with E-state index < -0.39 is 28.1 Å². The van der Waals surface area contributed by atoms with Crippen LogP contribution in [0, 0.1) is 28.6 Å². The Kier molecular flexibility index (Phi) is 7.03. The van der Waals surface area contributed by atoms with E-state index in [-0.39, 0.29) is 41.5 Å². The number of carbonyl (C=O) groups is 2. The van der Waals surface area contributed by atoms with Crippen molar-refractivity contribution in [2.75, 3.05) is 6.61 Å². The lowest BCUT2D eigenvalue weighted by Crippen LogP contribution is -2.68. The second kappa shape index (κ2) is 10.00. The van der Waals surface area contributed by atoms with Gasteiger partial charge in [-0.15, -0.1) is 0 Å². The lowest BCUT2D eigenvalue weighted by atomic mass is 9.41. The molecule has 0 unspecified atom stereocenters. The molecule has 42 heavy (non-hydrogen) atoms. The quantitative estimate of drug-likeness (QED) is 0.238. The minimum atomic E-state index is -1.18. The summed E-state index contributed by atoms with van der Waals surface area (Å²) in [5.74, 6) is -0.656. The van der Waals surface area contributed by atoms with Crippen molar-refractivity contribution in [1.82, 2.24) is 5.43 Å². The summed E-state index contributed by atoms with van der Waals surface area (Å²) in [6, 6.07) is 7.53. The van der Waals surface area contributed by atoms with E-state index in [9.17, 15) is 24.9 Å². The lowest BCUT2D eigenvalue weighted by molar-refractivity contribution is -0.237. The second-order valence-corrected chi connectivity index (χ2v) is 15.0. The van der Waals surface area contributed by atoms with Crippen LogP contribution in [0.4, 0.5) is 0 Å². The molecule has 5 aliphatic rings. The molecular formula is C34H46N2O6. The molecule has 4 N–H and O–H groups in total. The molecule has 1 amide bonds. The summed E-state index contributed by atoms with van der Waals surface area (Å²) in [5.41, 5.74) is 2.02. The van der Waals surface area contributed by atoms with Gasteiger partial charge in [0.05, 0.1) is 17.3 Å². The van der Waals surface area contributed by atoms with Crippen LogP contribution in [-0.4, -0.2) is 57.3 Å². The van der Waals surface area contributed by atoms with Crippen LogP contribution in [0.2, 0.25) is 0 Å². The highest BCUT2D eigenvalue weighted by molar-refractivity contribution is 5.94. The first kappa shape index (κ1) is 29.5. The number of cyclic esters (lactones) is 1. The normalized spacial score (nSPS) is 41.5. The molecule has 8 nitrogen and oxygen atoms in total. The van der Waals surface area contributed by atoms with Crippen molar-refractivity contribution in [1.29, 1.82) is 0 Å². The number of aliphatic hydroxyl groups excluding tert-OH is 1. The third kappa shape index (κ3) is 4.39. The molecule has 1 heterocycles. The molecule has 1 aromatic carbocycles. The number of ether oxygens (including phenoxy) is 1. The smallest absolute Gasteiger partial charge is 0.331 e. The van der Waals surface area contributed by atoms with Crippen LogP contribution >= 0.6 is 0 Å². The Morgan fingerprint density at radius 2 is 1.74 bits per heavy atom. The van der Waals surface area contributed by atoms with Gasteiger partial charge >= 0.3 is 5.97 Å². The molecule has 0 radical (unpaired) electrons. The number of benzene rings is 1. The Morgan fingerprint density at radius 1 is 1.02 bits per heavy atom. The molecular weight excluding hydrogens is 532 g/mol. The number of hydrogen-bond acceptors (Lipinski definition) is 7. The number of esters is 1. The van der Waals surface area contributed by atoms with Crippen LogP contribution in [0.25, 0.3) is 0 Å². The Balaban J connectivity index is 1.28. The van der Waals surface area contributed by atoms with Crippen LogP contribution in [0.5, 0.6) is 0 Å². The van der Waals surface area contributed by atoms with Gasteiger partial charge in [0.1, 0.15) is 6.61 Å². The number of fused-ring (bicyclic) bond motifs is 5. The first-order chi connectivity index (χ1) is 19.7. The van der Waals surface area contributed by atoms with Crippen molar-refractivity contribution in [3.05, 3.63) is 47.0 Å². The molecule has 0 saturated heterocycles.